The third-order valence-electron chi connectivity index (χ3n) is 3.34. The maximum Gasteiger partial charge on any atom is 0.137 e. The SMILES string of the molecule is NCC(Oc1cccc2ncccc12)c1ccccc1Cl. The van der Waals surface area contributed by atoms with Gasteiger partial charge in [0.2, 0.25) is 0 Å². The third-order valence-corrected chi connectivity index (χ3v) is 3.69. The fourth-order valence-corrected chi connectivity index (χ4v) is 2.56. The molecule has 1 aromatic heterocycles. The summed E-state index contributed by atoms with van der Waals surface area (Å²) in [6.07, 6.45) is 1.48. The van der Waals surface area contributed by atoms with Crippen LogP contribution < -0.4 is 10.5 Å². The van der Waals surface area contributed by atoms with E-state index in [1.165, 1.54) is 0 Å². The summed E-state index contributed by atoms with van der Waals surface area (Å²) >= 11 is 6.23. The monoisotopic (exact) mass is 298 g/mol. The van der Waals surface area contributed by atoms with Crippen molar-refractivity contribution in [2.24, 2.45) is 5.73 Å². The molecule has 0 saturated heterocycles. The van der Waals surface area contributed by atoms with Gasteiger partial charge in [-0.05, 0) is 30.3 Å². The highest BCUT2D eigenvalue weighted by molar-refractivity contribution is 6.31. The Hall–Kier alpha value is -2.10. The number of hydrogen-bond acceptors (Lipinski definition) is 3. The zero-order chi connectivity index (χ0) is 14.7. The number of pyridine rings is 1. The molecule has 21 heavy (non-hydrogen) atoms. The van der Waals surface area contributed by atoms with E-state index in [0.717, 1.165) is 22.2 Å². The second-order valence-corrected chi connectivity index (χ2v) is 5.10. The largest absolute Gasteiger partial charge is 0.484 e. The summed E-state index contributed by atoms with van der Waals surface area (Å²) in [6, 6.07) is 17.3. The number of benzene rings is 2. The standard InChI is InChI=1S/C17H15ClN2O/c18-14-7-2-1-5-12(14)17(11-19)21-16-9-3-8-15-13(16)6-4-10-20-15/h1-10,17H,11,19H2. The highest BCUT2D eigenvalue weighted by Gasteiger charge is 2.15. The Morgan fingerprint density at radius 2 is 1.90 bits per heavy atom. The van der Waals surface area contributed by atoms with Crippen molar-refractivity contribution in [3.63, 3.8) is 0 Å². The van der Waals surface area contributed by atoms with Crippen LogP contribution in [0.3, 0.4) is 0 Å². The third kappa shape index (κ3) is 2.84. The average molecular weight is 299 g/mol. The van der Waals surface area contributed by atoms with Crippen LogP contribution >= 0.6 is 11.6 Å². The zero-order valence-corrected chi connectivity index (χ0v) is 12.1. The van der Waals surface area contributed by atoms with Gasteiger partial charge in [0.15, 0.2) is 0 Å². The van der Waals surface area contributed by atoms with Crippen molar-refractivity contribution in [1.29, 1.82) is 0 Å². The number of rotatable bonds is 4. The average Bonchev–Trinajstić information content (AvgIpc) is 2.53. The lowest BCUT2D eigenvalue weighted by atomic mass is 10.1. The highest BCUT2D eigenvalue weighted by atomic mass is 35.5. The van der Waals surface area contributed by atoms with E-state index in [9.17, 15) is 0 Å². The molecule has 3 aromatic rings. The first kappa shape index (κ1) is 13.9. The van der Waals surface area contributed by atoms with E-state index in [0.29, 0.717) is 11.6 Å². The first-order chi connectivity index (χ1) is 10.3. The number of fused-ring (bicyclic) bond motifs is 1. The molecule has 106 valence electrons. The summed E-state index contributed by atoms with van der Waals surface area (Å²) in [6.45, 7) is 0.348. The predicted octanol–water partition coefficient (Wildman–Crippen LogP) is 3.97. The molecule has 3 nitrogen and oxygen atoms in total. The molecule has 4 heteroatoms. The van der Waals surface area contributed by atoms with Crippen molar-refractivity contribution in [3.8, 4) is 5.75 Å². The van der Waals surface area contributed by atoms with Crippen LogP contribution in [0.2, 0.25) is 5.02 Å². The minimum atomic E-state index is -0.287. The van der Waals surface area contributed by atoms with Gasteiger partial charge in [0.25, 0.3) is 0 Å². The Bertz CT molecular complexity index is 755. The number of aromatic nitrogens is 1. The summed E-state index contributed by atoms with van der Waals surface area (Å²) in [5.41, 5.74) is 7.65. The van der Waals surface area contributed by atoms with E-state index < -0.39 is 0 Å². The molecule has 1 unspecified atom stereocenters. The van der Waals surface area contributed by atoms with Gasteiger partial charge in [0.1, 0.15) is 11.9 Å². The van der Waals surface area contributed by atoms with Gasteiger partial charge < -0.3 is 10.5 Å². The molecule has 1 heterocycles. The Morgan fingerprint density at radius 3 is 2.71 bits per heavy atom. The molecular weight excluding hydrogens is 284 g/mol. The van der Waals surface area contributed by atoms with Gasteiger partial charge in [-0.2, -0.15) is 0 Å². The Balaban J connectivity index is 1.98. The Labute approximate surface area is 128 Å². The van der Waals surface area contributed by atoms with Crippen LogP contribution in [0.15, 0.2) is 60.8 Å². The number of nitrogens with zero attached hydrogens (tertiary/aromatic N) is 1. The molecule has 0 radical (unpaired) electrons. The normalized spacial score (nSPS) is 12.3. The van der Waals surface area contributed by atoms with Crippen molar-refractivity contribution in [2.75, 3.05) is 6.54 Å². The van der Waals surface area contributed by atoms with Crippen molar-refractivity contribution in [2.45, 2.75) is 6.10 Å². The molecule has 0 fully saturated rings. The minimum Gasteiger partial charge on any atom is -0.484 e. The highest BCUT2D eigenvalue weighted by Crippen LogP contribution is 2.30. The van der Waals surface area contributed by atoms with Gasteiger partial charge in [-0.25, -0.2) is 0 Å². The number of halogens is 1. The molecule has 0 aliphatic heterocycles. The summed E-state index contributed by atoms with van der Waals surface area (Å²) in [5, 5.41) is 1.62. The first-order valence-electron chi connectivity index (χ1n) is 6.74. The molecular formula is C17H15ClN2O. The smallest absolute Gasteiger partial charge is 0.137 e. The zero-order valence-electron chi connectivity index (χ0n) is 11.4. The summed E-state index contributed by atoms with van der Waals surface area (Å²) in [4.78, 5) is 4.33. The minimum absolute atomic E-state index is 0.287. The van der Waals surface area contributed by atoms with Crippen molar-refractivity contribution in [1.82, 2.24) is 4.98 Å². The van der Waals surface area contributed by atoms with E-state index in [1.54, 1.807) is 6.20 Å². The molecule has 0 aliphatic rings. The second-order valence-electron chi connectivity index (χ2n) is 4.69. The van der Waals surface area contributed by atoms with Crippen molar-refractivity contribution < 1.29 is 4.74 Å². The lowest BCUT2D eigenvalue weighted by Crippen LogP contribution is -2.19. The van der Waals surface area contributed by atoms with Gasteiger partial charge in [0.05, 0.1) is 5.52 Å². The number of nitrogens with two attached hydrogens (primary N) is 1. The lowest BCUT2D eigenvalue weighted by molar-refractivity contribution is 0.217. The Morgan fingerprint density at radius 1 is 1.05 bits per heavy atom. The summed E-state index contributed by atoms with van der Waals surface area (Å²) < 4.78 is 6.09. The van der Waals surface area contributed by atoms with Crippen LogP contribution in [0.1, 0.15) is 11.7 Å². The van der Waals surface area contributed by atoms with Gasteiger partial charge in [-0.1, -0.05) is 35.9 Å². The molecule has 1 atom stereocenters. The van der Waals surface area contributed by atoms with Gasteiger partial charge in [0, 0.05) is 28.7 Å². The molecule has 2 aromatic carbocycles. The first-order valence-corrected chi connectivity index (χ1v) is 7.12. The maximum atomic E-state index is 6.23. The van der Waals surface area contributed by atoms with E-state index in [-0.39, 0.29) is 6.10 Å². The summed E-state index contributed by atoms with van der Waals surface area (Å²) in [5.74, 6) is 0.760. The van der Waals surface area contributed by atoms with Crippen LogP contribution in [0, 0.1) is 0 Å². The topological polar surface area (TPSA) is 48.1 Å². The van der Waals surface area contributed by atoms with Crippen molar-refractivity contribution >= 4 is 22.5 Å². The van der Waals surface area contributed by atoms with Crippen LogP contribution in [0.25, 0.3) is 10.9 Å². The number of ether oxygens (including phenoxy) is 1. The van der Waals surface area contributed by atoms with E-state index in [2.05, 4.69) is 4.98 Å². The molecule has 0 saturated carbocycles. The lowest BCUT2D eigenvalue weighted by Gasteiger charge is -2.20. The second kappa shape index (κ2) is 6.12. The molecule has 0 aliphatic carbocycles. The molecule has 0 spiro atoms. The maximum absolute atomic E-state index is 6.23. The summed E-state index contributed by atoms with van der Waals surface area (Å²) in [7, 11) is 0. The van der Waals surface area contributed by atoms with Crippen LogP contribution in [0.5, 0.6) is 5.75 Å². The van der Waals surface area contributed by atoms with Crippen LogP contribution in [-0.2, 0) is 0 Å². The van der Waals surface area contributed by atoms with Gasteiger partial charge in [-0.15, -0.1) is 0 Å². The van der Waals surface area contributed by atoms with Crippen molar-refractivity contribution in [3.05, 3.63) is 71.4 Å². The van der Waals surface area contributed by atoms with E-state index >= 15 is 0 Å². The fraction of sp³-hybridized carbons (Fsp3) is 0.118. The fourth-order valence-electron chi connectivity index (χ4n) is 2.31. The molecule has 3 rings (SSSR count). The van der Waals surface area contributed by atoms with Crippen LogP contribution in [-0.4, -0.2) is 11.5 Å². The van der Waals surface area contributed by atoms with E-state index in [1.807, 2.05) is 54.6 Å². The van der Waals surface area contributed by atoms with Gasteiger partial charge >= 0.3 is 0 Å². The van der Waals surface area contributed by atoms with Crippen LogP contribution in [0.4, 0.5) is 0 Å². The molecule has 2 N–H and O–H groups in total. The molecule has 0 amide bonds. The predicted molar refractivity (Wildman–Crippen MR) is 85.6 cm³/mol. The van der Waals surface area contributed by atoms with E-state index in [4.69, 9.17) is 22.1 Å². The molecule has 0 bridgehead atoms. The Kier molecular flexibility index (Phi) is 4.04. The quantitative estimate of drug-likeness (QED) is 0.793. The van der Waals surface area contributed by atoms with Gasteiger partial charge in [-0.3, -0.25) is 4.98 Å². The number of hydrogen-bond donors (Lipinski definition) is 1.